The van der Waals surface area contributed by atoms with Gasteiger partial charge in [0.25, 0.3) is 0 Å². The number of nitrogens with two attached hydrogens (primary N) is 1. The second-order valence-corrected chi connectivity index (χ2v) is 12.0. The van der Waals surface area contributed by atoms with E-state index in [2.05, 4.69) is 89.2 Å². The number of rotatable bonds is 7. The van der Waals surface area contributed by atoms with Gasteiger partial charge in [0, 0.05) is 12.7 Å². The van der Waals surface area contributed by atoms with Crippen LogP contribution in [0.25, 0.3) is 0 Å². The van der Waals surface area contributed by atoms with E-state index in [9.17, 15) is 4.79 Å². The van der Waals surface area contributed by atoms with Crippen LogP contribution in [0.5, 0.6) is 0 Å². The van der Waals surface area contributed by atoms with Crippen LogP contribution in [-0.2, 0) is 9.22 Å². The van der Waals surface area contributed by atoms with Crippen molar-refractivity contribution in [2.75, 3.05) is 18.5 Å². The zero-order valence-electron chi connectivity index (χ0n) is 20.6. The summed E-state index contributed by atoms with van der Waals surface area (Å²) in [6.07, 6.45) is -0.143. The van der Waals surface area contributed by atoms with Crippen LogP contribution < -0.4 is 21.0 Å². The molecule has 3 aromatic carbocycles. The zero-order chi connectivity index (χ0) is 24.2. The maximum atomic E-state index is 12.4. The standard InChI is InChI=1S/C28H36N2O2Si/c1-20-17-18-24(30(6)25(31)19-29)21(2)26(20)27(28(3,4)5)32-33(22-13-9-7-10-14-22)23-15-11-8-12-16-23/h7-18,27,33H,19,29H2,1-6H3. The van der Waals surface area contributed by atoms with E-state index in [1.807, 2.05) is 18.2 Å². The molecule has 33 heavy (non-hydrogen) atoms. The highest BCUT2D eigenvalue weighted by atomic mass is 28.3. The Labute approximate surface area is 200 Å². The molecule has 2 N–H and O–H groups in total. The Hall–Kier alpha value is -2.73. The molecule has 4 nitrogen and oxygen atoms in total. The monoisotopic (exact) mass is 460 g/mol. The Bertz CT molecular complexity index is 1040. The van der Waals surface area contributed by atoms with Crippen LogP contribution in [0.4, 0.5) is 5.69 Å². The topological polar surface area (TPSA) is 55.6 Å². The molecule has 0 radical (unpaired) electrons. The fraction of sp³-hybridized carbons (Fsp3) is 0.321. The highest BCUT2D eigenvalue weighted by Crippen LogP contribution is 2.41. The van der Waals surface area contributed by atoms with Crippen LogP contribution in [0.2, 0.25) is 0 Å². The normalized spacial score (nSPS) is 12.6. The van der Waals surface area contributed by atoms with Gasteiger partial charge >= 0.3 is 0 Å². The van der Waals surface area contributed by atoms with Crippen LogP contribution >= 0.6 is 0 Å². The lowest BCUT2D eigenvalue weighted by molar-refractivity contribution is -0.117. The van der Waals surface area contributed by atoms with Gasteiger partial charge in [0.2, 0.25) is 14.9 Å². The number of hydrogen-bond donors (Lipinski definition) is 1. The molecule has 0 aliphatic heterocycles. The van der Waals surface area contributed by atoms with Crippen LogP contribution in [0.15, 0.2) is 72.8 Å². The van der Waals surface area contributed by atoms with Gasteiger partial charge in [0.1, 0.15) is 0 Å². The Morgan fingerprint density at radius 3 is 1.91 bits per heavy atom. The Balaban J connectivity index is 2.14. The number of carbonyl (C=O) groups excluding carboxylic acids is 1. The molecular formula is C28H36N2O2Si. The number of anilines is 1. The van der Waals surface area contributed by atoms with E-state index in [1.54, 1.807) is 11.9 Å². The summed E-state index contributed by atoms with van der Waals surface area (Å²) in [7, 11) is -0.199. The van der Waals surface area contributed by atoms with Gasteiger partial charge < -0.3 is 15.1 Å². The van der Waals surface area contributed by atoms with Gasteiger partial charge in [-0.3, -0.25) is 4.79 Å². The molecule has 174 valence electrons. The molecule has 1 unspecified atom stereocenters. The third-order valence-corrected chi connectivity index (χ3v) is 8.67. The summed E-state index contributed by atoms with van der Waals surface area (Å²) in [5, 5.41) is 2.50. The molecule has 0 fully saturated rings. The van der Waals surface area contributed by atoms with E-state index in [0.717, 1.165) is 16.8 Å². The molecule has 1 amide bonds. The first kappa shape index (κ1) is 24.9. The molecule has 0 saturated heterocycles. The molecule has 5 heteroatoms. The lowest BCUT2D eigenvalue weighted by Gasteiger charge is -2.37. The largest absolute Gasteiger partial charge is 0.403 e. The number of carbonyl (C=O) groups is 1. The third kappa shape index (κ3) is 5.61. The Morgan fingerprint density at radius 1 is 0.939 bits per heavy atom. The number of aryl methyl sites for hydroxylation is 1. The lowest BCUT2D eigenvalue weighted by atomic mass is 9.81. The number of benzene rings is 3. The summed E-state index contributed by atoms with van der Waals surface area (Å²) in [6.45, 7) is 10.9. The van der Waals surface area contributed by atoms with Crippen LogP contribution in [0, 0.1) is 19.3 Å². The average molecular weight is 461 g/mol. The molecule has 0 aliphatic carbocycles. The predicted molar refractivity (Wildman–Crippen MR) is 141 cm³/mol. The van der Waals surface area contributed by atoms with E-state index in [0.29, 0.717) is 0 Å². The summed E-state index contributed by atoms with van der Waals surface area (Å²) >= 11 is 0. The summed E-state index contributed by atoms with van der Waals surface area (Å²) < 4.78 is 7.17. The van der Waals surface area contributed by atoms with E-state index in [1.165, 1.54) is 15.9 Å². The molecular weight excluding hydrogens is 424 g/mol. The van der Waals surface area contributed by atoms with Crippen molar-refractivity contribution < 1.29 is 9.22 Å². The van der Waals surface area contributed by atoms with Crippen LogP contribution in [-0.4, -0.2) is 28.5 Å². The van der Waals surface area contributed by atoms with Gasteiger partial charge in [-0.15, -0.1) is 0 Å². The fourth-order valence-corrected chi connectivity index (χ4v) is 7.00. The van der Waals surface area contributed by atoms with Crippen molar-refractivity contribution in [2.45, 2.75) is 40.7 Å². The van der Waals surface area contributed by atoms with E-state index in [4.69, 9.17) is 10.2 Å². The Morgan fingerprint density at radius 2 is 1.45 bits per heavy atom. The van der Waals surface area contributed by atoms with E-state index >= 15 is 0 Å². The maximum absolute atomic E-state index is 12.4. The van der Waals surface area contributed by atoms with E-state index < -0.39 is 9.04 Å². The smallest absolute Gasteiger partial charge is 0.240 e. The summed E-state index contributed by atoms with van der Waals surface area (Å²) in [5.41, 5.74) is 9.75. The van der Waals surface area contributed by atoms with Crippen LogP contribution in [0.3, 0.4) is 0 Å². The summed E-state index contributed by atoms with van der Waals surface area (Å²) in [4.78, 5) is 14.0. The third-order valence-electron chi connectivity index (χ3n) is 6.14. The van der Waals surface area contributed by atoms with Crippen molar-refractivity contribution in [3.8, 4) is 0 Å². The quantitative estimate of drug-likeness (QED) is 0.545. The number of nitrogens with zero attached hydrogens (tertiary/aromatic N) is 1. The predicted octanol–water partition coefficient (Wildman–Crippen LogP) is 3.87. The first-order chi connectivity index (χ1) is 15.6. The van der Waals surface area contributed by atoms with Gasteiger partial charge in [-0.25, -0.2) is 0 Å². The first-order valence-electron chi connectivity index (χ1n) is 11.5. The van der Waals surface area contributed by atoms with Gasteiger partial charge in [-0.05, 0) is 52.4 Å². The molecule has 1 atom stereocenters. The zero-order valence-corrected chi connectivity index (χ0v) is 21.8. The van der Waals surface area contributed by atoms with Gasteiger partial charge in [-0.1, -0.05) is 87.5 Å². The highest BCUT2D eigenvalue weighted by Gasteiger charge is 2.34. The molecule has 0 heterocycles. The number of likely N-dealkylation sites (N-methyl/N-ethyl adjacent to an activating group) is 1. The fourth-order valence-electron chi connectivity index (χ4n) is 4.34. The van der Waals surface area contributed by atoms with Gasteiger partial charge in [0.15, 0.2) is 0 Å². The number of hydrogen-bond acceptors (Lipinski definition) is 3. The first-order valence-corrected chi connectivity index (χ1v) is 13.1. The lowest BCUT2D eigenvalue weighted by Crippen LogP contribution is -2.47. The SMILES string of the molecule is Cc1ccc(N(C)C(=O)CN)c(C)c1C(O[SiH](c1ccccc1)c1ccccc1)C(C)(C)C. The molecule has 0 aromatic heterocycles. The minimum absolute atomic E-state index is 0.0185. The number of amides is 1. The molecule has 0 saturated carbocycles. The van der Waals surface area contributed by atoms with Crippen molar-refractivity contribution >= 4 is 31.0 Å². The summed E-state index contributed by atoms with van der Waals surface area (Å²) in [5.74, 6) is -0.109. The van der Waals surface area contributed by atoms with Crippen molar-refractivity contribution in [1.29, 1.82) is 0 Å². The molecule has 0 bridgehead atoms. The second-order valence-electron chi connectivity index (χ2n) is 9.68. The van der Waals surface area contributed by atoms with Crippen LogP contribution in [0.1, 0.15) is 43.6 Å². The van der Waals surface area contributed by atoms with E-state index in [-0.39, 0.29) is 24.0 Å². The van der Waals surface area contributed by atoms with Crippen molar-refractivity contribution in [2.24, 2.45) is 11.1 Å². The van der Waals surface area contributed by atoms with Crippen molar-refractivity contribution in [1.82, 2.24) is 0 Å². The molecule has 0 aliphatic rings. The van der Waals surface area contributed by atoms with Crippen molar-refractivity contribution in [3.63, 3.8) is 0 Å². The molecule has 0 spiro atoms. The molecule has 3 aromatic rings. The van der Waals surface area contributed by atoms with Gasteiger partial charge in [0.05, 0.1) is 12.6 Å². The second kappa shape index (κ2) is 10.5. The van der Waals surface area contributed by atoms with Crippen molar-refractivity contribution in [3.05, 3.63) is 89.5 Å². The maximum Gasteiger partial charge on any atom is 0.240 e. The summed E-state index contributed by atoms with van der Waals surface area (Å²) in [6, 6.07) is 25.2. The molecule has 3 rings (SSSR count). The average Bonchev–Trinajstić information content (AvgIpc) is 2.80. The minimum Gasteiger partial charge on any atom is -0.403 e. The minimum atomic E-state index is -1.99. The van der Waals surface area contributed by atoms with Gasteiger partial charge in [-0.2, -0.15) is 0 Å². The highest BCUT2D eigenvalue weighted by molar-refractivity contribution is 6.80. The Kier molecular flexibility index (Phi) is 7.90.